The average molecular weight is 617 g/mol. The monoisotopic (exact) mass is 616 g/mol. The second-order valence-corrected chi connectivity index (χ2v) is 13.8. The van der Waals surface area contributed by atoms with Crippen LogP contribution < -0.4 is 14.2 Å². The van der Waals surface area contributed by atoms with E-state index in [1.54, 1.807) is 25.3 Å². The van der Waals surface area contributed by atoms with Crippen molar-refractivity contribution in [3.05, 3.63) is 64.2 Å². The predicted octanol–water partition coefficient (Wildman–Crippen LogP) is 9.04. The number of ether oxygens (including phenoxy) is 3. The summed E-state index contributed by atoms with van der Waals surface area (Å²) in [5, 5.41) is 32.7. The molecular weight excluding hydrogens is 564 g/mol. The van der Waals surface area contributed by atoms with E-state index in [1.165, 1.54) is 44.8 Å². The van der Waals surface area contributed by atoms with E-state index in [0.29, 0.717) is 29.8 Å². The van der Waals surface area contributed by atoms with Crippen molar-refractivity contribution in [1.29, 1.82) is 0 Å². The zero-order valence-electron chi connectivity index (χ0n) is 28.0. The first-order valence-electron chi connectivity index (χ1n) is 17.0. The van der Waals surface area contributed by atoms with Crippen LogP contribution in [-0.2, 0) is 19.3 Å². The Bertz CT molecular complexity index is 1480. The zero-order valence-corrected chi connectivity index (χ0v) is 28.0. The molecule has 2 aliphatic rings. The van der Waals surface area contributed by atoms with Crippen molar-refractivity contribution in [2.75, 3.05) is 14.2 Å². The number of aromatic hydroxyl groups is 2. The number of benzene rings is 3. The molecule has 3 aromatic rings. The maximum absolute atomic E-state index is 11.6. The van der Waals surface area contributed by atoms with Crippen LogP contribution in [0.25, 0.3) is 11.1 Å². The van der Waals surface area contributed by atoms with Gasteiger partial charge in [0, 0.05) is 23.6 Å². The lowest BCUT2D eigenvalue weighted by atomic mass is 9.72. The van der Waals surface area contributed by atoms with Crippen molar-refractivity contribution in [3.63, 3.8) is 0 Å². The van der Waals surface area contributed by atoms with Gasteiger partial charge in [0.1, 0.15) is 23.4 Å². The van der Waals surface area contributed by atoms with Crippen LogP contribution in [0.3, 0.4) is 0 Å². The van der Waals surface area contributed by atoms with Crippen LogP contribution >= 0.6 is 0 Å². The molecule has 1 aliphatic heterocycles. The molecule has 6 nitrogen and oxygen atoms in total. The lowest BCUT2D eigenvalue weighted by molar-refractivity contribution is 0.0201. The second kappa shape index (κ2) is 14.4. The van der Waals surface area contributed by atoms with Crippen LogP contribution in [0.1, 0.15) is 112 Å². The second-order valence-electron chi connectivity index (χ2n) is 13.8. The van der Waals surface area contributed by atoms with Gasteiger partial charge in [0.05, 0.1) is 20.3 Å². The Kier molecular flexibility index (Phi) is 10.5. The van der Waals surface area contributed by atoms with Gasteiger partial charge in [-0.1, -0.05) is 72.3 Å². The first kappa shape index (κ1) is 33.0. The average Bonchev–Trinajstić information content (AvgIpc) is 3.01. The summed E-state index contributed by atoms with van der Waals surface area (Å²) in [5.74, 6) is 3.57. The molecule has 45 heavy (non-hydrogen) atoms. The van der Waals surface area contributed by atoms with Gasteiger partial charge in [0.25, 0.3) is 0 Å². The summed E-state index contributed by atoms with van der Waals surface area (Å²) in [4.78, 5) is 0. The Hall–Kier alpha value is -3.38. The van der Waals surface area contributed by atoms with Gasteiger partial charge in [-0.05, 0) is 89.1 Å². The molecule has 0 aromatic heterocycles. The van der Waals surface area contributed by atoms with Gasteiger partial charge in [-0.3, -0.25) is 0 Å². The molecule has 3 N–H and O–H groups in total. The molecule has 4 unspecified atom stereocenters. The van der Waals surface area contributed by atoms with Crippen LogP contribution in [0.15, 0.2) is 36.4 Å². The number of phenolic OH excluding ortho intramolecular Hbond substituents is 2. The van der Waals surface area contributed by atoms with E-state index >= 15 is 0 Å². The summed E-state index contributed by atoms with van der Waals surface area (Å²) in [5.41, 5.74) is 7.30. The van der Waals surface area contributed by atoms with Crippen LogP contribution in [0.5, 0.6) is 28.7 Å². The quantitative estimate of drug-likeness (QED) is 0.166. The molecule has 0 saturated carbocycles. The van der Waals surface area contributed by atoms with E-state index in [1.807, 2.05) is 12.1 Å². The number of rotatable bonds is 13. The highest BCUT2D eigenvalue weighted by Gasteiger charge is 2.38. The maximum Gasteiger partial charge on any atom is 0.160 e. The van der Waals surface area contributed by atoms with E-state index in [0.717, 1.165) is 70.6 Å². The smallest absolute Gasteiger partial charge is 0.160 e. The minimum absolute atomic E-state index is 0.0479. The minimum atomic E-state index is -0.777. The molecule has 0 amide bonds. The van der Waals surface area contributed by atoms with Gasteiger partial charge < -0.3 is 29.5 Å². The number of fused-ring (bicyclic) bond motifs is 5. The number of phenols is 2. The van der Waals surface area contributed by atoms with Gasteiger partial charge in [0.2, 0.25) is 0 Å². The third-order valence-electron chi connectivity index (χ3n) is 9.80. The normalized spacial score (nSPS) is 19.3. The van der Waals surface area contributed by atoms with Crippen LogP contribution in [0.2, 0.25) is 0 Å². The van der Waals surface area contributed by atoms with Gasteiger partial charge in [-0.25, -0.2) is 0 Å². The Morgan fingerprint density at radius 1 is 0.889 bits per heavy atom. The SMILES string of the molecule is CCCCCC(C)CCCC1Cc2cc(O)c(CC(C)C)cc2-c2c(OC)cc3c(c21)CC(O)C(c1ccc(O)c(OC)c1)O3. The number of aliphatic hydroxyl groups is 1. The van der Waals surface area contributed by atoms with E-state index in [2.05, 4.69) is 33.8 Å². The molecule has 6 heteroatoms. The molecule has 4 atom stereocenters. The van der Waals surface area contributed by atoms with Crippen molar-refractivity contribution in [2.24, 2.45) is 11.8 Å². The molecule has 0 fully saturated rings. The Morgan fingerprint density at radius 3 is 2.36 bits per heavy atom. The van der Waals surface area contributed by atoms with Crippen molar-refractivity contribution in [2.45, 2.75) is 110 Å². The van der Waals surface area contributed by atoms with Crippen LogP contribution in [0.4, 0.5) is 0 Å². The third-order valence-corrected chi connectivity index (χ3v) is 9.80. The molecule has 0 spiro atoms. The number of unbranched alkanes of at least 4 members (excludes halogenated alkanes) is 2. The molecule has 0 bridgehead atoms. The molecular formula is C39H52O6. The predicted molar refractivity (Wildman–Crippen MR) is 180 cm³/mol. The van der Waals surface area contributed by atoms with Crippen molar-refractivity contribution in [1.82, 2.24) is 0 Å². The van der Waals surface area contributed by atoms with Gasteiger partial charge >= 0.3 is 0 Å². The fraction of sp³-hybridized carbons (Fsp3) is 0.538. The third kappa shape index (κ3) is 7.06. The summed E-state index contributed by atoms with van der Waals surface area (Å²) in [6.45, 7) is 8.97. The summed E-state index contributed by atoms with van der Waals surface area (Å²) in [7, 11) is 3.22. The summed E-state index contributed by atoms with van der Waals surface area (Å²) >= 11 is 0. The Morgan fingerprint density at radius 2 is 1.64 bits per heavy atom. The molecule has 3 aromatic carbocycles. The fourth-order valence-electron chi connectivity index (χ4n) is 7.49. The van der Waals surface area contributed by atoms with E-state index in [9.17, 15) is 15.3 Å². The van der Waals surface area contributed by atoms with Crippen molar-refractivity contribution in [3.8, 4) is 39.9 Å². The van der Waals surface area contributed by atoms with E-state index in [4.69, 9.17) is 14.2 Å². The largest absolute Gasteiger partial charge is 0.508 e. The lowest BCUT2D eigenvalue weighted by Gasteiger charge is -2.38. The van der Waals surface area contributed by atoms with Crippen LogP contribution in [0, 0.1) is 11.8 Å². The van der Waals surface area contributed by atoms with E-state index in [-0.39, 0.29) is 11.7 Å². The zero-order chi connectivity index (χ0) is 32.2. The highest BCUT2D eigenvalue weighted by atomic mass is 16.5. The van der Waals surface area contributed by atoms with Crippen LogP contribution in [-0.4, -0.2) is 35.6 Å². The Balaban J connectivity index is 1.56. The molecule has 244 valence electrons. The molecule has 0 radical (unpaired) electrons. The van der Waals surface area contributed by atoms with Gasteiger partial charge in [0.15, 0.2) is 11.5 Å². The van der Waals surface area contributed by atoms with Gasteiger partial charge in [-0.15, -0.1) is 0 Å². The number of methoxy groups -OCH3 is 2. The van der Waals surface area contributed by atoms with Gasteiger partial charge in [-0.2, -0.15) is 0 Å². The molecule has 1 heterocycles. The summed E-state index contributed by atoms with van der Waals surface area (Å²) < 4.78 is 18.0. The highest BCUT2D eigenvalue weighted by molar-refractivity contribution is 5.83. The number of hydrogen-bond acceptors (Lipinski definition) is 6. The summed E-state index contributed by atoms with van der Waals surface area (Å²) in [6, 6.07) is 11.2. The highest BCUT2D eigenvalue weighted by Crippen LogP contribution is 2.54. The van der Waals surface area contributed by atoms with E-state index < -0.39 is 12.2 Å². The number of aliphatic hydroxyl groups excluding tert-OH is 1. The standard InChI is InChI=1S/C39H52O6/c1-7-8-9-11-24(4)12-10-13-25-17-27-19-32(41)28(16-23(2)3)18-29(27)38-36(44-6)22-34-30(37(25)38)21-33(42)39(45-34)26-14-15-31(40)35(20-26)43-5/h14-15,18-20,22-25,33,39-42H,7-13,16-17,21H2,1-6H3. The van der Waals surface area contributed by atoms with Crippen molar-refractivity contribution < 1.29 is 29.5 Å². The maximum atomic E-state index is 11.6. The topological polar surface area (TPSA) is 88.4 Å². The first-order valence-corrected chi connectivity index (χ1v) is 17.0. The minimum Gasteiger partial charge on any atom is -0.508 e. The first-order chi connectivity index (χ1) is 21.6. The molecule has 1 aliphatic carbocycles. The molecule has 0 saturated heterocycles. The fourth-order valence-corrected chi connectivity index (χ4v) is 7.49. The van der Waals surface area contributed by atoms with Crippen molar-refractivity contribution >= 4 is 0 Å². The Labute approximate surface area is 269 Å². The lowest BCUT2D eigenvalue weighted by Crippen LogP contribution is -2.32. The number of hydrogen-bond donors (Lipinski definition) is 3. The summed E-state index contributed by atoms with van der Waals surface area (Å²) in [6.07, 6.45) is 9.14. The molecule has 5 rings (SSSR count).